The number of carboxylic acid groups (broad SMARTS) is 1. The predicted octanol–water partition coefficient (Wildman–Crippen LogP) is 1.34. The van der Waals surface area contributed by atoms with Crippen LogP contribution < -0.4 is 0 Å². The molecule has 110 valence electrons. The first-order valence-electron chi connectivity index (χ1n) is 5.62. The second kappa shape index (κ2) is 5.06. The van der Waals surface area contributed by atoms with E-state index in [9.17, 15) is 26.4 Å². The van der Waals surface area contributed by atoms with Crippen molar-refractivity contribution in [2.45, 2.75) is 23.8 Å². The maximum absolute atomic E-state index is 13.6. The number of benzene rings is 1. The summed E-state index contributed by atoms with van der Waals surface area (Å²) in [6, 6.07) is 0.515. The Morgan fingerprint density at radius 3 is 2.35 bits per heavy atom. The van der Waals surface area contributed by atoms with E-state index in [-0.39, 0.29) is 0 Å². The number of nitrogens with zero attached hydrogens (tertiary/aromatic N) is 1. The molecular formula is C11H10F3NO4S. The molecule has 1 aromatic carbocycles. The first-order valence-corrected chi connectivity index (χ1v) is 7.06. The number of hydrogen-bond acceptors (Lipinski definition) is 3. The van der Waals surface area contributed by atoms with Crippen molar-refractivity contribution in [3.05, 3.63) is 29.6 Å². The summed E-state index contributed by atoms with van der Waals surface area (Å²) >= 11 is 0. The van der Waals surface area contributed by atoms with Crippen LogP contribution in [0.1, 0.15) is 12.8 Å². The molecule has 0 radical (unpaired) electrons. The van der Waals surface area contributed by atoms with E-state index in [4.69, 9.17) is 5.11 Å². The average molecular weight is 309 g/mol. The van der Waals surface area contributed by atoms with Gasteiger partial charge in [-0.3, -0.25) is 4.79 Å². The zero-order chi connectivity index (χ0) is 15.1. The summed E-state index contributed by atoms with van der Waals surface area (Å²) < 4.78 is 64.4. The minimum absolute atomic E-state index is 0.442. The van der Waals surface area contributed by atoms with E-state index in [1.54, 1.807) is 0 Å². The topological polar surface area (TPSA) is 74.7 Å². The molecule has 0 spiro atoms. The van der Waals surface area contributed by atoms with Crippen molar-refractivity contribution in [3.8, 4) is 0 Å². The van der Waals surface area contributed by atoms with E-state index in [2.05, 4.69) is 0 Å². The molecule has 0 bridgehead atoms. The lowest BCUT2D eigenvalue weighted by Gasteiger charge is -2.20. The van der Waals surface area contributed by atoms with E-state index in [1.807, 2.05) is 0 Å². The number of aliphatic carboxylic acids is 1. The van der Waals surface area contributed by atoms with Crippen LogP contribution in [-0.2, 0) is 14.8 Å². The molecule has 1 aliphatic carbocycles. The molecule has 9 heteroatoms. The van der Waals surface area contributed by atoms with Gasteiger partial charge in [0.15, 0.2) is 17.5 Å². The minimum atomic E-state index is -4.53. The summed E-state index contributed by atoms with van der Waals surface area (Å²) in [5.74, 6) is -6.68. The van der Waals surface area contributed by atoms with Crippen molar-refractivity contribution >= 4 is 16.0 Å². The van der Waals surface area contributed by atoms with Gasteiger partial charge in [-0.15, -0.1) is 0 Å². The third kappa shape index (κ3) is 2.63. The fourth-order valence-corrected chi connectivity index (χ4v) is 3.43. The first-order chi connectivity index (χ1) is 9.25. The lowest BCUT2D eigenvalue weighted by Crippen LogP contribution is -2.38. The number of carbonyl (C=O) groups is 1. The van der Waals surface area contributed by atoms with Gasteiger partial charge in [-0.2, -0.15) is 4.31 Å². The van der Waals surface area contributed by atoms with E-state index >= 15 is 0 Å². The standard InChI is InChI=1S/C11H10F3NO4S/c12-7-3-4-8(11(14)10(7)13)20(18,19)15(5-9(16)17)6-1-2-6/h3-4,6H,1-2,5H2,(H,16,17). The quantitative estimate of drug-likeness (QED) is 0.833. The van der Waals surface area contributed by atoms with E-state index in [1.165, 1.54) is 0 Å². The van der Waals surface area contributed by atoms with Crippen molar-refractivity contribution in [3.63, 3.8) is 0 Å². The lowest BCUT2D eigenvalue weighted by molar-refractivity contribution is -0.137. The largest absolute Gasteiger partial charge is 0.480 e. The summed E-state index contributed by atoms with van der Waals surface area (Å²) in [7, 11) is -4.53. The molecule has 0 atom stereocenters. The lowest BCUT2D eigenvalue weighted by atomic mass is 10.3. The van der Waals surface area contributed by atoms with Crippen molar-refractivity contribution in [1.82, 2.24) is 4.31 Å². The Hall–Kier alpha value is -1.61. The maximum atomic E-state index is 13.6. The number of sulfonamides is 1. The van der Waals surface area contributed by atoms with Crippen LogP contribution in [0.2, 0.25) is 0 Å². The zero-order valence-corrected chi connectivity index (χ0v) is 10.8. The molecular weight excluding hydrogens is 299 g/mol. The Bertz CT molecular complexity index is 658. The van der Waals surface area contributed by atoms with E-state index < -0.39 is 50.9 Å². The Balaban J connectivity index is 2.48. The number of hydrogen-bond donors (Lipinski definition) is 1. The first kappa shape index (κ1) is 14.8. The van der Waals surface area contributed by atoms with Crippen molar-refractivity contribution < 1.29 is 31.5 Å². The zero-order valence-electron chi connectivity index (χ0n) is 10.0. The van der Waals surface area contributed by atoms with Crippen LogP contribution in [0.3, 0.4) is 0 Å². The Kier molecular flexibility index (Phi) is 3.74. The predicted molar refractivity (Wildman–Crippen MR) is 60.9 cm³/mol. The molecule has 0 amide bonds. The monoisotopic (exact) mass is 309 g/mol. The van der Waals surface area contributed by atoms with Gasteiger partial charge in [0.2, 0.25) is 10.0 Å². The molecule has 0 unspecified atom stereocenters. The van der Waals surface area contributed by atoms with E-state index in [0.717, 1.165) is 0 Å². The van der Waals surface area contributed by atoms with E-state index in [0.29, 0.717) is 29.3 Å². The summed E-state index contributed by atoms with van der Waals surface area (Å²) in [6.45, 7) is -0.856. The van der Waals surface area contributed by atoms with Gasteiger partial charge >= 0.3 is 5.97 Å². The molecule has 1 aliphatic rings. The molecule has 0 heterocycles. The summed E-state index contributed by atoms with van der Waals surface area (Å²) in [4.78, 5) is 9.63. The Labute approximate surface area is 112 Å². The van der Waals surface area contributed by atoms with Crippen LogP contribution in [0.15, 0.2) is 17.0 Å². The van der Waals surface area contributed by atoms with Gasteiger partial charge < -0.3 is 5.11 Å². The molecule has 0 aromatic heterocycles. The second-order valence-electron chi connectivity index (χ2n) is 4.35. The average Bonchev–Trinajstić information content (AvgIpc) is 3.16. The van der Waals surface area contributed by atoms with Gasteiger partial charge in [-0.05, 0) is 25.0 Å². The van der Waals surface area contributed by atoms with Crippen LogP contribution >= 0.6 is 0 Å². The third-order valence-electron chi connectivity index (χ3n) is 2.83. The fourth-order valence-electron chi connectivity index (χ4n) is 1.74. The second-order valence-corrected chi connectivity index (χ2v) is 6.21. The van der Waals surface area contributed by atoms with Gasteiger partial charge in [0.1, 0.15) is 11.4 Å². The molecule has 1 aromatic rings. The highest BCUT2D eigenvalue weighted by molar-refractivity contribution is 7.89. The smallest absolute Gasteiger partial charge is 0.318 e. The van der Waals surface area contributed by atoms with Crippen LogP contribution in [0.25, 0.3) is 0 Å². The fraction of sp³-hybridized carbons (Fsp3) is 0.364. The van der Waals surface area contributed by atoms with Crippen LogP contribution in [-0.4, -0.2) is 36.4 Å². The normalized spacial score (nSPS) is 15.6. The van der Waals surface area contributed by atoms with Crippen LogP contribution in [0.5, 0.6) is 0 Å². The van der Waals surface area contributed by atoms with Gasteiger partial charge in [-0.1, -0.05) is 0 Å². The maximum Gasteiger partial charge on any atom is 0.318 e. The van der Waals surface area contributed by atoms with Crippen molar-refractivity contribution in [2.75, 3.05) is 6.54 Å². The third-order valence-corrected chi connectivity index (χ3v) is 4.75. The van der Waals surface area contributed by atoms with Gasteiger partial charge in [0.25, 0.3) is 0 Å². The molecule has 1 fully saturated rings. The number of halogens is 3. The number of rotatable bonds is 5. The highest BCUT2D eigenvalue weighted by Gasteiger charge is 2.41. The summed E-state index contributed by atoms with van der Waals surface area (Å²) in [5, 5.41) is 8.70. The van der Waals surface area contributed by atoms with Gasteiger partial charge in [0, 0.05) is 6.04 Å². The molecule has 2 rings (SSSR count). The van der Waals surface area contributed by atoms with Crippen LogP contribution in [0.4, 0.5) is 13.2 Å². The highest BCUT2D eigenvalue weighted by Crippen LogP contribution is 2.33. The minimum Gasteiger partial charge on any atom is -0.480 e. The van der Waals surface area contributed by atoms with Crippen molar-refractivity contribution in [1.29, 1.82) is 0 Å². The molecule has 20 heavy (non-hydrogen) atoms. The molecule has 1 N–H and O–H groups in total. The SMILES string of the molecule is O=C(O)CN(C1CC1)S(=O)(=O)c1ccc(F)c(F)c1F. The van der Waals surface area contributed by atoms with Gasteiger partial charge in [0.05, 0.1) is 0 Å². The molecule has 0 aliphatic heterocycles. The summed E-state index contributed by atoms with van der Waals surface area (Å²) in [5.41, 5.74) is 0. The molecule has 5 nitrogen and oxygen atoms in total. The molecule has 1 saturated carbocycles. The Morgan fingerprint density at radius 1 is 1.25 bits per heavy atom. The highest BCUT2D eigenvalue weighted by atomic mass is 32.2. The summed E-state index contributed by atoms with van der Waals surface area (Å²) in [6.07, 6.45) is 0.885. The van der Waals surface area contributed by atoms with Gasteiger partial charge in [-0.25, -0.2) is 21.6 Å². The molecule has 0 saturated heterocycles. The Morgan fingerprint density at radius 2 is 1.85 bits per heavy atom. The van der Waals surface area contributed by atoms with Crippen molar-refractivity contribution in [2.24, 2.45) is 0 Å². The number of carboxylic acids is 1. The van der Waals surface area contributed by atoms with Crippen LogP contribution in [0, 0.1) is 17.5 Å².